The molecule has 0 aliphatic rings. The maximum atomic E-state index is 13.0. The van der Waals surface area contributed by atoms with Crippen LogP contribution >= 0.6 is 11.6 Å². The van der Waals surface area contributed by atoms with Gasteiger partial charge in [0.1, 0.15) is 5.82 Å². The summed E-state index contributed by atoms with van der Waals surface area (Å²) in [6.45, 7) is 4.07. The molecule has 3 heteroatoms. The minimum atomic E-state index is -0.201. The Morgan fingerprint density at radius 2 is 1.75 bits per heavy atom. The van der Waals surface area contributed by atoms with Crippen LogP contribution in [0.1, 0.15) is 28.3 Å². The SMILES string of the molecule is CNC(Cc1ccc(F)cc1)c1cc(C)c(Cl)cc1C. The van der Waals surface area contributed by atoms with E-state index < -0.39 is 0 Å². The second-order valence-corrected chi connectivity index (χ2v) is 5.54. The van der Waals surface area contributed by atoms with Gasteiger partial charge in [-0.15, -0.1) is 0 Å². The maximum absolute atomic E-state index is 13.0. The summed E-state index contributed by atoms with van der Waals surface area (Å²) in [5.74, 6) is -0.201. The van der Waals surface area contributed by atoms with Crippen molar-refractivity contribution in [2.45, 2.75) is 26.3 Å². The number of hydrogen-bond acceptors (Lipinski definition) is 1. The Morgan fingerprint density at radius 1 is 1.10 bits per heavy atom. The van der Waals surface area contributed by atoms with E-state index in [1.807, 2.05) is 32.2 Å². The van der Waals surface area contributed by atoms with Crippen molar-refractivity contribution in [1.82, 2.24) is 5.32 Å². The van der Waals surface area contributed by atoms with Crippen molar-refractivity contribution < 1.29 is 4.39 Å². The fourth-order valence-corrected chi connectivity index (χ4v) is 2.62. The van der Waals surface area contributed by atoms with Gasteiger partial charge in [0, 0.05) is 11.1 Å². The quantitative estimate of drug-likeness (QED) is 0.868. The topological polar surface area (TPSA) is 12.0 Å². The Kier molecular flexibility index (Phi) is 4.79. The lowest BCUT2D eigenvalue weighted by atomic mass is 9.94. The van der Waals surface area contributed by atoms with Crippen LogP contribution in [-0.4, -0.2) is 7.05 Å². The van der Waals surface area contributed by atoms with Crippen LogP contribution in [0.15, 0.2) is 36.4 Å². The summed E-state index contributed by atoms with van der Waals surface area (Å²) in [5, 5.41) is 4.13. The summed E-state index contributed by atoms with van der Waals surface area (Å²) in [4.78, 5) is 0. The molecule has 0 amide bonds. The van der Waals surface area contributed by atoms with Gasteiger partial charge in [0.15, 0.2) is 0 Å². The lowest BCUT2D eigenvalue weighted by molar-refractivity contribution is 0.585. The predicted molar refractivity (Wildman–Crippen MR) is 82.8 cm³/mol. The molecule has 2 rings (SSSR count). The lowest BCUT2D eigenvalue weighted by Crippen LogP contribution is -2.20. The molecular formula is C17H19ClFN. The average molecular weight is 292 g/mol. The van der Waals surface area contributed by atoms with Gasteiger partial charge < -0.3 is 5.32 Å². The summed E-state index contributed by atoms with van der Waals surface area (Å²) in [6.07, 6.45) is 0.818. The first-order valence-corrected chi connectivity index (χ1v) is 7.07. The Bertz CT molecular complexity index is 593. The average Bonchev–Trinajstić information content (AvgIpc) is 2.43. The van der Waals surface area contributed by atoms with Crippen molar-refractivity contribution in [3.8, 4) is 0 Å². The van der Waals surface area contributed by atoms with Crippen molar-refractivity contribution in [2.75, 3.05) is 7.05 Å². The first-order chi connectivity index (χ1) is 9.51. The van der Waals surface area contributed by atoms with Crippen molar-refractivity contribution in [3.63, 3.8) is 0 Å². The van der Waals surface area contributed by atoms with E-state index in [4.69, 9.17) is 11.6 Å². The molecule has 0 saturated heterocycles. The van der Waals surface area contributed by atoms with Crippen molar-refractivity contribution in [2.24, 2.45) is 0 Å². The van der Waals surface area contributed by atoms with Crippen LogP contribution in [0.3, 0.4) is 0 Å². The van der Waals surface area contributed by atoms with E-state index in [1.54, 1.807) is 0 Å². The summed E-state index contributed by atoms with van der Waals surface area (Å²) < 4.78 is 13.0. The van der Waals surface area contributed by atoms with Gasteiger partial charge in [-0.2, -0.15) is 0 Å². The molecule has 1 atom stereocenters. The smallest absolute Gasteiger partial charge is 0.123 e. The number of benzene rings is 2. The monoisotopic (exact) mass is 291 g/mol. The fourth-order valence-electron chi connectivity index (χ4n) is 2.40. The summed E-state index contributed by atoms with van der Waals surface area (Å²) in [6, 6.07) is 11.0. The zero-order valence-electron chi connectivity index (χ0n) is 12.0. The molecule has 0 aliphatic carbocycles. The van der Waals surface area contributed by atoms with Crippen molar-refractivity contribution in [1.29, 1.82) is 0 Å². The normalized spacial score (nSPS) is 12.4. The van der Waals surface area contributed by atoms with Gasteiger partial charge in [0.05, 0.1) is 0 Å². The van der Waals surface area contributed by atoms with E-state index >= 15 is 0 Å². The highest BCUT2D eigenvalue weighted by molar-refractivity contribution is 6.31. The number of likely N-dealkylation sites (N-methyl/N-ethyl adjacent to an activating group) is 1. The summed E-state index contributed by atoms with van der Waals surface area (Å²) in [7, 11) is 1.94. The third kappa shape index (κ3) is 3.38. The van der Waals surface area contributed by atoms with Crippen LogP contribution in [0, 0.1) is 19.7 Å². The molecule has 0 aliphatic heterocycles. The molecule has 0 aromatic heterocycles. The molecule has 1 nitrogen and oxygen atoms in total. The van der Waals surface area contributed by atoms with Gasteiger partial charge in [-0.25, -0.2) is 4.39 Å². The fraction of sp³-hybridized carbons (Fsp3) is 0.294. The van der Waals surface area contributed by atoms with E-state index in [-0.39, 0.29) is 11.9 Å². The molecule has 0 radical (unpaired) electrons. The van der Waals surface area contributed by atoms with Crippen LogP contribution in [0.25, 0.3) is 0 Å². The molecule has 2 aromatic rings. The first kappa shape index (κ1) is 15.0. The molecule has 2 aromatic carbocycles. The number of halogens is 2. The van der Waals surface area contributed by atoms with Gasteiger partial charge in [0.25, 0.3) is 0 Å². The van der Waals surface area contributed by atoms with Gasteiger partial charge in [-0.3, -0.25) is 0 Å². The Labute approximate surface area is 124 Å². The third-order valence-electron chi connectivity index (χ3n) is 3.62. The van der Waals surface area contributed by atoms with Gasteiger partial charge in [0.2, 0.25) is 0 Å². The van der Waals surface area contributed by atoms with Gasteiger partial charge >= 0.3 is 0 Å². The van der Waals surface area contributed by atoms with E-state index in [0.717, 1.165) is 22.6 Å². The third-order valence-corrected chi connectivity index (χ3v) is 4.03. The highest BCUT2D eigenvalue weighted by Crippen LogP contribution is 2.27. The zero-order valence-corrected chi connectivity index (χ0v) is 12.8. The number of nitrogens with one attached hydrogen (secondary N) is 1. The first-order valence-electron chi connectivity index (χ1n) is 6.69. The predicted octanol–water partition coefficient (Wildman–Crippen LogP) is 4.60. The maximum Gasteiger partial charge on any atom is 0.123 e. The van der Waals surface area contributed by atoms with Crippen molar-refractivity contribution in [3.05, 3.63) is 69.5 Å². The highest BCUT2D eigenvalue weighted by atomic mass is 35.5. The van der Waals surface area contributed by atoms with E-state index in [2.05, 4.69) is 18.3 Å². The van der Waals surface area contributed by atoms with Crippen LogP contribution < -0.4 is 5.32 Å². The Morgan fingerprint density at radius 3 is 2.35 bits per heavy atom. The van der Waals surface area contributed by atoms with Crippen LogP contribution in [0.2, 0.25) is 5.02 Å². The molecule has 20 heavy (non-hydrogen) atoms. The summed E-state index contributed by atoms with van der Waals surface area (Å²) >= 11 is 6.15. The molecule has 0 fully saturated rings. The molecule has 1 unspecified atom stereocenters. The zero-order chi connectivity index (χ0) is 14.7. The molecule has 0 bridgehead atoms. The number of hydrogen-bond donors (Lipinski definition) is 1. The van der Waals surface area contributed by atoms with Crippen molar-refractivity contribution >= 4 is 11.6 Å². The van der Waals surface area contributed by atoms with Gasteiger partial charge in [-0.05, 0) is 67.8 Å². The molecule has 106 valence electrons. The minimum Gasteiger partial charge on any atom is -0.313 e. The molecule has 0 spiro atoms. The van der Waals surface area contributed by atoms with Crippen LogP contribution in [0.5, 0.6) is 0 Å². The highest BCUT2D eigenvalue weighted by Gasteiger charge is 2.14. The standard InChI is InChI=1S/C17H19ClFN/c1-11-9-16(18)12(2)8-15(11)17(20-3)10-13-4-6-14(19)7-5-13/h4-9,17,20H,10H2,1-3H3. The Hall–Kier alpha value is -1.38. The summed E-state index contributed by atoms with van der Waals surface area (Å²) in [5.41, 5.74) is 4.59. The second-order valence-electron chi connectivity index (χ2n) is 5.13. The Balaban J connectivity index is 2.28. The largest absolute Gasteiger partial charge is 0.313 e. The molecule has 0 saturated carbocycles. The number of aryl methyl sites for hydroxylation is 2. The van der Waals surface area contributed by atoms with Crippen LogP contribution in [0.4, 0.5) is 4.39 Å². The minimum absolute atomic E-state index is 0.191. The van der Waals surface area contributed by atoms with E-state index in [1.165, 1.54) is 23.3 Å². The molecular weight excluding hydrogens is 273 g/mol. The van der Waals surface area contributed by atoms with E-state index in [0.29, 0.717) is 0 Å². The number of rotatable bonds is 4. The van der Waals surface area contributed by atoms with E-state index in [9.17, 15) is 4.39 Å². The lowest BCUT2D eigenvalue weighted by Gasteiger charge is -2.20. The molecule has 1 N–H and O–H groups in total. The van der Waals surface area contributed by atoms with Gasteiger partial charge in [-0.1, -0.05) is 29.8 Å². The second kappa shape index (κ2) is 6.38. The molecule has 0 heterocycles. The van der Waals surface area contributed by atoms with Crippen LogP contribution in [-0.2, 0) is 6.42 Å².